The molecule has 2 aliphatic heterocycles. The molecule has 2 aromatic heterocycles. The molecule has 140 valence electrons. The molecule has 26 heavy (non-hydrogen) atoms. The molecule has 0 N–H and O–H groups in total. The van der Waals surface area contributed by atoms with Crippen LogP contribution in [0.25, 0.3) is 0 Å². The monoisotopic (exact) mass is 355 g/mol. The molecular formula is C21H29N3O2. The molecule has 0 aliphatic carbocycles. The van der Waals surface area contributed by atoms with Crippen molar-refractivity contribution in [1.29, 1.82) is 0 Å². The average Bonchev–Trinajstić information content (AvgIpc) is 3.39. The van der Waals surface area contributed by atoms with E-state index in [1.807, 2.05) is 30.7 Å². The van der Waals surface area contributed by atoms with Crippen LogP contribution in [-0.2, 0) is 17.9 Å². The molecular weight excluding hydrogens is 326 g/mol. The number of hydrogen-bond acceptors (Lipinski definition) is 5. The van der Waals surface area contributed by atoms with Crippen LogP contribution in [0.3, 0.4) is 0 Å². The largest absolute Gasteiger partial charge is 0.472 e. The van der Waals surface area contributed by atoms with Crippen LogP contribution in [0.2, 0.25) is 0 Å². The van der Waals surface area contributed by atoms with Crippen molar-refractivity contribution in [2.45, 2.75) is 26.5 Å². The van der Waals surface area contributed by atoms with E-state index in [0.29, 0.717) is 17.9 Å². The summed E-state index contributed by atoms with van der Waals surface area (Å²) >= 11 is 0. The maximum atomic E-state index is 6.10. The van der Waals surface area contributed by atoms with Gasteiger partial charge in [-0.15, -0.1) is 0 Å². The lowest BCUT2D eigenvalue weighted by Crippen LogP contribution is -2.36. The number of nitrogens with zero attached hydrogens (tertiary/aromatic N) is 3. The Labute approximate surface area is 156 Å². The van der Waals surface area contributed by atoms with Crippen LogP contribution in [-0.4, -0.2) is 54.1 Å². The quantitative estimate of drug-likeness (QED) is 0.764. The van der Waals surface area contributed by atoms with E-state index in [1.54, 1.807) is 6.26 Å². The molecule has 0 radical (unpaired) electrons. The van der Waals surface area contributed by atoms with Gasteiger partial charge in [-0.1, -0.05) is 13.0 Å². The van der Waals surface area contributed by atoms with Gasteiger partial charge in [0.2, 0.25) is 0 Å². The molecule has 5 nitrogen and oxygen atoms in total. The summed E-state index contributed by atoms with van der Waals surface area (Å²) in [5.74, 6) is 0.598. The van der Waals surface area contributed by atoms with E-state index >= 15 is 0 Å². The van der Waals surface area contributed by atoms with Gasteiger partial charge in [-0.25, -0.2) is 0 Å². The summed E-state index contributed by atoms with van der Waals surface area (Å²) in [7, 11) is 0. The first-order chi connectivity index (χ1) is 12.8. The second-order valence-electron chi connectivity index (χ2n) is 7.82. The maximum Gasteiger partial charge on any atom is 0.0947 e. The third-order valence-corrected chi connectivity index (χ3v) is 6.08. The van der Waals surface area contributed by atoms with Crippen molar-refractivity contribution in [2.75, 3.05) is 39.3 Å². The molecule has 5 heteroatoms. The zero-order valence-corrected chi connectivity index (χ0v) is 15.6. The molecule has 2 aliphatic rings. The molecule has 2 saturated heterocycles. The van der Waals surface area contributed by atoms with Gasteiger partial charge in [-0.3, -0.25) is 9.88 Å². The maximum absolute atomic E-state index is 6.10. The first-order valence-corrected chi connectivity index (χ1v) is 9.71. The molecule has 1 spiro atoms. The van der Waals surface area contributed by atoms with Crippen molar-refractivity contribution in [3.63, 3.8) is 0 Å². The highest BCUT2D eigenvalue weighted by Crippen LogP contribution is 2.44. The van der Waals surface area contributed by atoms with E-state index in [1.165, 1.54) is 25.1 Å². The lowest BCUT2D eigenvalue weighted by molar-refractivity contribution is 0.0501. The van der Waals surface area contributed by atoms with Crippen molar-refractivity contribution < 1.29 is 9.15 Å². The van der Waals surface area contributed by atoms with Crippen LogP contribution in [0.4, 0.5) is 0 Å². The van der Waals surface area contributed by atoms with E-state index in [9.17, 15) is 0 Å². The fourth-order valence-corrected chi connectivity index (χ4v) is 4.63. The topological polar surface area (TPSA) is 41.7 Å². The van der Waals surface area contributed by atoms with Crippen molar-refractivity contribution in [2.24, 2.45) is 11.3 Å². The molecule has 0 unspecified atom stereocenters. The normalized spacial score (nSPS) is 26.9. The third kappa shape index (κ3) is 3.85. The molecule has 0 amide bonds. The minimum absolute atomic E-state index is 0.365. The van der Waals surface area contributed by atoms with Gasteiger partial charge in [0.05, 0.1) is 31.4 Å². The number of hydrogen-bond donors (Lipinski definition) is 0. The van der Waals surface area contributed by atoms with Crippen molar-refractivity contribution in [1.82, 2.24) is 14.8 Å². The van der Waals surface area contributed by atoms with Gasteiger partial charge >= 0.3 is 0 Å². The zero-order chi connectivity index (χ0) is 17.8. The summed E-state index contributed by atoms with van der Waals surface area (Å²) < 4.78 is 11.3. The van der Waals surface area contributed by atoms with Crippen LogP contribution >= 0.6 is 0 Å². The molecule has 0 bridgehead atoms. The van der Waals surface area contributed by atoms with Crippen molar-refractivity contribution >= 4 is 0 Å². The molecule has 2 fully saturated rings. The van der Waals surface area contributed by atoms with Gasteiger partial charge in [0.25, 0.3) is 0 Å². The number of pyridine rings is 1. The minimum Gasteiger partial charge on any atom is -0.472 e. The third-order valence-electron chi connectivity index (χ3n) is 6.08. The van der Waals surface area contributed by atoms with E-state index in [2.05, 4.69) is 27.8 Å². The van der Waals surface area contributed by atoms with Gasteiger partial charge in [0, 0.05) is 49.3 Å². The number of likely N-dealkylation sites (tertiary alicyclic amines) is 2. The van der Waals surface area contributed by atoms with Crippen LogP contribution in [0.15, 0.2) is 47.4 Å². The van der Waals surface area contributed by atoms with E-state index in [4.69, 9.17) is 9.15 Å². The fourth-order valence-electron chi connectivity index (χ4n) is 4.63. The van der Waals surface area contributed by atoms with Crippen molar-refractivity contribution in [3.8, 4) is 0 Å². The predicted molar refractivity (Wildman–Crippen MR) is 101 cm³/mol. The zero-order valence-electron chi connectivity index (χ0n) is 15.6. The molecule has 4 rings (SSSR count). The summed E-state index contributed by atoms with van der Waals surface area (Å²) in [6, 6.07) is 8.07. The summed E-state index contributed by atoms with van der Waals surface area (Å²) in [6.45, 7) is 10.5. The smallest absolute Gasteiger partial charge is 0.0947 e. The van der Waals surface area contributed by atoms with Crippen LogP contribution in [0, 0.1) is 11.3 Å². The standard InChI is InChI=1S/C21H29N3O2/c1-2-23-12-19(14-26-15-20-5-3-4-8-22-20)21(16-23)7-9-24(17-21)11-18-6-10-25-13-18/h3-6,8,10,13,19H,2,7,9,11-12,14-17H2,1H3/t19-,21-/m0/s1. The first-order valence-electron chi connectivity index (χ1n) is 9.71. The first kappa shape index (κ1) is 17.7. The Kier molecular flexibility index (Phi) is 5.38. The number of furan rings is 1. The summed E-state index contributed by atoms with van der Waals surface area (Å²) in [5.41, 5.74) is 2.65. The second-order valence-corrected chi connectivity index (χ2v) is 7.82. The van der Waals surface area contributed by atoms with Gasteiger partial charge in [0.1, 0.15) is 0 Å². The highest BCUT2D eigenvalue weighted by atomic mass is 16.5. The Morgan fingerprint density at radius 2 is 2.19 bits per heavy atom. The Hall–Kier alpha value is -1.69. The summed E-state index contributed by atoms with van der Waals surface area (Å²) in [6.07, 6.45) is 6.73. The Morgan fingerprint density at radius 3 is 2.96 bits per heavy atom. The molecule has 4 heterocycles. The number of ether oxygens (including phenoxy) is 1. The lowest BCUT2D eigenvalue weighted by atomic mass is 9.77. The lowest BCUT2D eigenvalue weighted by Gasteiger charge is -2.30. The SMILES string of the molecule is CCN1C[C@@H](COCc2ccccn2)[C@@]2(CCN(Cc3ccoc3)C2)C1. The average molecular weight is 355 g/mol. The number of aromatic nitrogens is 1. The number of rotatable bonds is 7. The minimum atomic E-state index is 0.365. The van der Waals surface area contributed by atoms with Gasteiger partial charge < -0.3 is 14.1 Å². The Bertz CT molecular complexity index is 676. The molecule has 2 aromatic rings. The summed E-state index contributed by atoms with van der Waals surface area (Å²) in [5, 5.41) is 0. The Balaban J connectivity index is 1.36. The Morgan fingerprint density at radius 1 is 1.27 bits per heavy atom. The van der Waals surface area contributed by atoms with Crippen LogP contribution in [0.1, 0.15) is 24.6 Å². The highest BCUT2D eigenvalue weighted by Gasteiger charge is 2.49. The molecule has 0 aromatic carbocycles. The van der Waals surface area contributed by atoms with Crippen LogP contribution in [0.5, 0.6) is 0 Å². The molecule has 0 saturated carbocycles. The molecule has 2 atom stereocenters. The van der Waals surface area contributed by atoms with Crippen LogP contribution < -0.4 is 0 Å². The van der Waals surface area contributed by atoms with Crippen molar-refractivity contribution in [3.05, 3.63) is 54.2 Å². The highest BCUT2D eigenvalue weighted by molar-refractivity contribution is 5.08. The van der Waals surface area contributed by atoms with E-state index < -0.39 is 0 Å². The van der Waals surface area contributed by atoms with Gasteiger partial charge in [-0.2, -0.15) is 0 Å². The van der Waals surface area contributed by atoms with Gasteiger partial charge in [0.15, 0.2) is 0 Å². The van der Waals surface area contributed by atoms with Gasteiger partial charge in [-0.05, 0) is 37.7 Å². The second kappa shape index (κ2) is 7.91. The van der Waals surface area contributed by atoms with E-state index in [0.717, 1.165) is 38.5 Å². The fraction of sp³-hybridized carbons (Fsp3) is 0.571. The summed E-state index contributed by atoms with van der Waals surface area (Å²) in [4.78, 5) is 9.54. The predicted octanol–water partition coefficient (Wildman–Crippen LogP) is 3.04. The van der Waals surface area contributed by atoms with E-state index in [-0.39, 0.29) is 0 Å².